The quantitative estimate of drug-likeness (QED) is 0.875. The van der Waals surface area contributed by atoms with Gasteiger partial charge in [-0.2, -0.15) is 0 Å². The van der Waals surface area contributed by atoms with Gasteiger partial charge >= 0.3 is 12.1 Å². The van der Waals surface area contributed by atoms with E-state index in [2.05, 4.69) is 5.32 Å². The first-order valence-corrected chi connectivity index (χ1v) is 7.55. The van der Waals surface area contributed by atoms with Crippen molar-refractivity contribution in [2.24, 2.45) is 5.41 Å². The molecule has 1 unspecified atom stereocenters. The standard InChI is InChI=1S/C17H23NO4/c1-16(2)9-6-10-17(16,11-14(19)20)18-15(21)22-12-13-7-4-3-5-8-13/h3-5,7-8H,6,9-12H2,1-2H3,(H,18,21)(H,19,20). The fourth-order valence-corrected chi connectivity index (χ4v) is 3.23. The normalized spacial score (nSPS) is 23.0. The summed E-state index contributed by atoms with van der Waals surface area (Å²) >= 11 is 0. The highest BCUT2D eigenvalue weighted by Gasteiger charge is 2.51. The van der Waals surface area contributed by atoms with Gasteiger partial charge in [0.05, 0.1) is 12.0 Å². The van der Waals surface area contributed by atoms with Crippen LogP contribution in [-0.2, 0) is 16.1 Å². The van der Waals surface area contributed by atoms with Gasteiger partial charge in [0.15, 0.2) is 0 Å². The molecule has 2 N–H and O–H groups in total. The number of carbonyl (C=O) groups excluding carboxylic acids is 1. The summed E-state index contributed by atoms with van der Waals surface area (Å²) in [5.74, 6) is -0.904. The lowest BCUT2D eigenvalue weighted by molar-refractivity contribution is -0.139. The van der Waals surface area contributed by atoms with Crippen LogP contribution in [0.2, 0.25) is 0 Å². The molecule has 1 atom stereocenters. The highest BCUT2D eigenvalue weighted by molar-refractivity contribution is 5.73. The number of benzene rings is 1. The van der Waals surface area contributed by atoms with Gasteiger partial charge in [0, 0.05) is 0 Å². The van der Waals surface area contributed by atoms with Crippen LogP contribution < -0.4 is 5.32 Å². The Morgan fingerprint density at radius 2 is 1.91 bits per heavy atom. The molecule has 1 fully saturated rings. The van der Waals surface area contributed by atoms with Gasteiger partial charge < -0.3 is 15.2 Å². The first-order chi connectivity index (χ1) is 10.3. The maximum Gasteiger partial charge on any atom is 0.407 e. The van der Waals surface area contributed by atoms with E-state index in [1.165, 1.54) is 0 Å². The van der Waals surface area contributed by atoms with Crippen molar-refractivity contribution in [2.45, 2.75) is 51.7 Å². The SMILES string of the molecule is CC1(C)CCCC1(CC(=O)O)NC(=O)OCc1ccccc1. The number of hydrogen-bond donors (Lipinski definition) is 2. The Labute approximate surface area is 130 Å². The molecule has 1 amide bonds. The van der Waals surface area contributed by atoms with Crippen molar-refractivity contribution in [2.75, 3.05) is 0 Å². The number of nitrogens with one attached hydrogen (secondary N) is 1. The summed E-state index contributed by atoms with van der Waals surface area (Å²) < 4.78 is 5.25. The van der Waals surface area contributed by atoms with Crippen LogP contribution in [0.15, 0.2) is 30.3 Å². The summed E-state index contributed by atoms with van der Waals surface area (Å²) in [6.07, 6.45) is 1.81. The van der Waals surface area contributed by atoms with Crippen molar-refractivity contribution in [3.63, 3.8) is 0 Å². The molecule has 5 nitrogen and oxygen atoms in total. The van der Waals surface area contributed by atoms with Crippen molar-refractivity contribution >= 4 is 12.1 Å². The Bertz CT molecular complexity index is 541. The number of ether oxygens (including phenoxy) is 1. The maximum absolute atomic E-state index is 12.1. The van der Waals surface area contributed by atoms with Gasteiger partial charge in [-0.1, -0.05) is 50.6 Å². The Kier molecular flexibility index (Phi) is 4.74. The summed E-state index contributed by atoms with van der Waals surface area (Å²) in [5.41, 5.74) is -0.111. The number of rotatable bonds is 5. The molecule has 2 rings (SSSR count). The first-order valence-electron chi connectivity index (χ1n) is 7.55. The summed E-state index contributed by atoms with van der Waals surface area (Å²) in [6, 6.07) is 9.40. The number of aliphatic carboxylic acids is 1. The number of alkyl carbamates (subject to hydrolysis) is 1. The maximum atomic E-state index is 12.1. The zero-order chi connectivity index (χ0) is 16.2. The molecule has 120 valence electrons. The third-order valence-corrected chi connectivity index (χ3v) is 4.71. The Morgan fingerprint density at radius 3 is 2.45 bits per heavy atom. The lowest BCUT2D eigenvalue weighted by atomic mass is 9.73. The molecule has 0 saturated heterocycles. The third-order valence-electron chi connectivity index (χ3n) is 4.71. The summed E-state index contributed by atoms with van der Waals surface area (Å²) in [5, 5.41) is 12.0. The van der Waals surface area contributed by atoms with Crippen LogP contribution >= 0.6 is 0 Å². The molecule has 0 aromatic heterocycles. The van der Waals surface area contributed by atoms with Crippen LogP contribution in [0.4, 0.5) is 4.79 Å². The molecule has 0 aliphatic heterocycles. The van der Waals surface area contributed by atoms with Crippen molar-refractivity contribution < 1.29 is 19.4 Å². The molecule has 0 spiro atoms. The van der Waals surface area contributed by atoms with Gasteiger partial charge in [0.1, 0.15) is 6.61 Å². The van der Waals surface area contributed by atoms with E-state index in [-0.39, 0.29) is 18.4 Å². The molecule has 0 bridgehead atoms. The predicted molar refractivity (Wildman–Crippen MR) is 82.4 cm³/mol. The van der Waals surface area contributed by atoms with Crippen molar-refractivity contribution in [3.8, 4) is 0 Å². The van der Waals surface area contributed by atoms with Gasteiger partial charge in [0.2, 0.25) is 0 Å². The van der Waals surface area contributed by atoms with Crippen LogP contribution in [0.1, 0.15) is 45.1 Å². The smallest absolute Gasteiger partial charge is 0.407 e. The summed E-state index contributed by atoms with van der Waals surface area (Å²) in [6.45, 7) is 4.18. The molecular weight excluding hydrogens is 282 g/mol. The lowest BCUT2D eigenvalue weighted by Gasteiger charge is -2.40. The second-order valence-corrected chi connectivity index (χ2v) is 6.58. The fraction of sp³-hybridized carbons (Fsp3) is 0.529. The predicted octanol–water partition coefficient (Wildman–Crippen LogP) is 3.34. The molecule has 22 heavy (non-hydrogen) atoms. The van der Waals surface area contributed by atoms with Crippen LogP contribution in [0, 0.1) is 5.41 Å². The zero-order valence-corrected chi connectivity index (χ0v) is 13.1. The molecule has 1 aromatic carbocycles. The molecule has 1 aliphatic rings. The molecule has 1 aromatic rings. The van der Waals surface area contributed by atoms with E-state index >= 15 is 0 Å². The number of carbonyl (C=O) groups is 2. The monoisotopic (exact) mass is 305 g/mol. The average Bonchev–Trinajstić information content (AvgIpc) is 2.72. The summed E-state index contributed by atoms with van der Waals surface area (Å²) in [7, 11) is 0. The van der Waals surface area contributed by atoms with Gasteiger partial charge in [-0.15, -0.1) is 0 Å². The zero-order valence-electron chi connectivity index (χ0n) is 13.1. The molecule has 1 saturated carbocycles. The molecule has 5 heteroatoms. The molecule has 0 heterocycles. The minimum absolute atomic E-state index is 0.0829. The largest absolute Gasteiger partial charge is 0.481 e. The van der Waals surface area contributed by atoms with E-state index in [0.717, 1.165) is 18.4 Å². The highest BCUT2D eigenvalue weighted by atomic mass is 16.5. The highest BCUT2D eigenvalue weighted by Crippen LogP contribution is 2.48. The first kappa shape index (κ1) is 16.3. The van der Waals surface area contributed by atoms with Gasteiger partial charge in [-0.3, -0.25) is 4.79 Å². The van der Waals surface area contributed by atoms with Crippen molar-refractivity contribution in [3.05, 3.63) is 35.9 Å². The van der Waals surface area contributed by atoms with Gasteiger partial charge in [-0.05, 0) is 23.8 Å². The van der Waals surface area contributed by atoms with E-state index in [1.807, 2.05) is 44.2 Å². The van der Waals surface area contributed by atoms with E-state index in [1.54, 1.807) is 0 Å². The van der Waals surface area contributed by atoms with Crippen molar-refractivity contribution in [1.82, 2.24) is 5.32 Å². The van der Waals surface area contributed by atoms with Gasteiger partial charge in [-0.25, -0.2) is 4.79 Å². The number of amides is 1. The fourth-order valence-electron chi connectivity index (χ4n) is 3.23. The van der Waals surface area contributed by atoms with Crippen molar-refractivity contribution in [1.29, 1.82) is 0 Å². The van der Waals surface area contributed by atoms with Crippen LogP contribution in [-0.4, -0.2) is 22.7 Å². The van der Waals surface area contributed by atoms with Crippen LogP contribution in [0.5, 0.6) is 0 Å². The van der Waals surface area contributed by atoms with Crippen LogP contribution in [0.3, 0.4) is 0 Å². The second-order valence-electron chi connectivity index (χ2n) is 6.58. The summed E-state index contributed by atoms with van der Waals surface area (Å²) in [4.78, 5) is 23.3. The number of hydrogen-bond acceptors (Lipinski definition) is 3. The Balaban J connectivity index is 2.01. The Morgan fingerprint density at radius 1 is 1.23 bits per heavy atom. The van der Waals surface area contributed by atoms with E-state index < -0.39 is 17.6 Å². The van der Waals surface area contributed by atoms with E-state index in [0.29, 0.717) is 6.42 Å². The third kappa shape index (κ3) is 3.59. The number of carboxylic acids is 1. The number of carboxylic acid groups (broad SMARTS) is 1. The van der Waals surface area contributed by atoms with E-state index in [4.69, 9.17) is 4.74 Å². The lowest BCUT2D eigenvalue weighted by Crippen LogP contribution is -2.56. The average molecular weight is 305 g/mol. The minimum atomic E-state index is -0.904. The molecule has 0 radical (unpaired) electrons. The molecular formula is C17H23NO4. The second kappa shape index (κ2) is 6.38. The van der Waals surface area contributed by atoms with E-state index in [9.17, 15) is 14.7 Å². The van der Waals surface area contributed by atoms with Gasteiger partial charge in [0.25, 0.3) is 0 Å². The topological polar surface area (TPSA) is 75.6 Å². The van der Waals surface area contributed by atoms with Crippen LogP contribution in [0.25, 0.3) is 0 Å². The Hall–Kier alpha value is -2.04. The molecule has 1 aliphatic carbocycles. The minimum Gasteiger partial charge on any atom is -0.481 e.